The SMILES string of the molecule is CCNC(C)CCc1nc(C)no1. The molecule has 13 heavy (non-hydrogen) atoms. The van der Waals surface area contributed by atoms with Gasteiger partial charge >= 0.3 is 0 Å². The highest BCUT2D eigenvalue weighted by atomic mass is 16.5. The summed E-state index contributed by atoms with van der Waals surface area (Å²) in [6.45, 7) is 7.10. The molecule has 74 valence electrons. The number of rotatable bonds is 5. The van der Waals surface area contributed by atoms with E-state index in [4.69, 9.17) is 4.52 Å². The molecule has 1 heterocycles. The number of hydrogen-bond acceptors (Lipinski definition) is 4. The molecule has 1 N–H and O–H groups in total. The van der Waals surface area contributed by atoms with E-state index >= 15 is 0 Å². The van der Waals surface area contributed by atoms with Crippen LogP contribution in [-0.2, 0) is 6.42 Å². The van der Waals surface area contributed by atoms with Crippen molar-refractivity contribution in [3.05, 3.63) is 11.7 Å². The Bertz CT molecular complexity index is 247. The molecule has 0 bridgehead atoms. The Balaban J connectivity index is 2.26. The lowest BCUT2D eigenvalue weighted by atomic mass is 10.2. The molecule has 0 amide bonds. The molecule has 0 fully saturated rings. The third kappa shape index (κ3) is 3.55. The zero-order valence-corrected chi connectivity index (χ0v) is 8.50. The molecule has 1 unspecified atom stereocenters. The van der Waals surface area contributed by atoms with Crippen LogP contribution >= 0.6 is 0 Å². The smallest absolute Gasteiger partial charge is 0.226 e. The highest BCUT2D eigenvalue weighted by molar-refractivity contribution is 4.83. The Morgan fingerprint density at radius 2 is 2.31 bits per heavy atom. The first-order chi connectivity index (χ1) is 6.22. The molecule has 0 aliphatic heterocycles. The lowest BCUT2D eigenvalue weighted by molar-refractivity contribution is 0.364. The second-order valence-corrected chi connectivity index (χ2v) is 3.23. The van der Waals surface area contributed by atoms with Gasteiger partial charge in [-0.05, 0) is 26.8 Å². The quantitative estimate of drug-likeness (QED) is 0.747. The monoisotopic (exact) mass is 183 g/mol. The van der Waals surface area contributed by atoms with Crippen LogP contribution in [0.25, 0.3) is 0 Å². The van der Waals surface area contributed by atoms with Gasteiger partial charge in [-0.25, -0.2) is 0 Å². The predicted molar refractivity (Wildman–Crippen MR) is 50.5 cm³/mol. The average molecular weight is 183 g/mol. The maximum atomic E-state index is 5.00. The van der Waals surface area contributed by atoms with E-state index in [-0.39, 0.29) is 0 Å². The summed E-state index contributed by atoms with van der Waals surface area (Å²) in [6.07, 6.45) is 1.89. The van der Waals surface area contributed by atoms with E-state index in [9.17, 15) is 0 Å². The third-order valence-corrected chi connectivity index (χ3v) is 1.91. The van der Waals surface area contributed by atoms with Gasteiger partial charge in [0.15, 0.2) is 5.82 Å². The van der Waals surface area contributed by atoms with Gasteiger partial charge in [0.2, 0.25) is 5.89 Å². The van der Waals surface area contributed by atoms with Gasteiger partial charge < -0.3 is 9.84 Å². The van der Waals surface area contributed by atoms with Crippen molar-refractivity contribution in [3.63, 3.8) is 0 Å². The molecule has 1 aromatic heterocycles. The maximum Gasteiger partial charge on any atom is 0.226 e. The van der Waals surface area contributed by atoms with Crippen molar-refractivity contribution in [1.82, 2.24) is 15.5 Å². The van der Waals surface area contributed by atoms with Gasteiger partial charge in [-0.15, -0.1) is 0 Å². The van der Waals surface area contributed by atoms with Gasteiger partial charge in [-0.1, -0.05) is 12.1 Å². The Morgan fingerprint density at radius 1 is 1.54 bits per heavy atom. The van der Waals surface area contributed by atoms with Crippen molar-refractivity contribution in [2.24, 2.45) is 0 Å². The molecule has 0 saturated heterocycles. The Kier molecular flexibility index (Phi) is 3.89. The molecular formula is C9H17N3O. The Morgan fingerprint density at radius 3 is 2.85 bits per heavy atom. The Labute approximate surface area is 78.7 Å². The Hall–Kier alpha value is -0.900. The number of hydrogen-bond donors (Lipinski definition) is 1. The number of nitrogens with one attached hydrogen (secondary N) is 1. The molecule has 0 aliphatic rings. The van der Waals surface area contributed by atoms with E-state index in [1.165, 1.54) is 0 Å². The number of aromatic nitrogens is 2. The highest BCUT2D eigenvalue weighted by Crippen LogP contribution is 2.02. The van der Waals surface area contributed by atoms with Crippen LogP contribution in [0.15, 0.2) is 4.52 Å². The van der Waals surface area contributed by atoms with Crippen molar-refractivity contribution in [2.45, 2.75) is 39.7 Å². The minimum absolute atomic E-state index is 0.511. The van der Waals surface area contributed by atoms with Crippen LogP contribution in [0.5, 0.6) is 0 Å². The van der Waals surface area contributed by atoms with Crippen molar-refractivity contribution in [3.8, 4) is 0 Å². The van der Waals surface area contributed by atoms with E-state index in [1.54, 1.807) is 0 Å². The molecule has 1 atom stereocenters. The summed E-state index contributed by atoms with van der Waals surface area (Å²) in [6, 6.07) is 0.511. The number of aryl methyl sites for hydroxylation is 2. The molecule has 0 aromatic carbocycles. The van der Waals surface area contributed by atoms with Gasteiger partial charge in [0.25, 0.3) is 0 Å². The van der Waals surface area contributed by atoms with E-state index in [2.05, 4.69) is 29.3 Å². The lowest BCUT2D eigenvalue weighted by Gasteiger charge is -2.09. The van der Waals surface area contributed by atoms with Gasteiger partial charge in [0.1, 0.15) is 0 Å². The standard InChI is InChI=1S/C9H17N3O/c1-4-10-7(2)5-6-9-11-8(3)12-13-9/h7,10H,4-6H2,1-3H3. The normalized spacial score (nSPS) is 13.2. The van der Waals surface area contributed by atoms with Gasteiger partial charge in [0.05, 0.1) is 0 Å². The maximum absolute atomic E-state index is 5.00. The fourth-order valence-electron chi connectivity index (χ4n) is 1.23. The van der Waals surface area contributed by atoms with Crippen LogP contribution in [-0.4, -0.2) is 22.7 Å². The van der Waals surface area contributed by atoms with Gasteiger partial charge in [0, 0.05) is 12.5 Å². The fraction of sp³-hybridized carbons (Fsp3) is 0.778. The molecular weight excluding hydrogens is 166 g/mol. The summed E-state index contributed by atoms with van der Waals surface area (Å²) < 4.78 is 5.00. The highest BCUT2D eigenvalue weighted by Gasteiger charge is 2.05. The summed E-state index contributed by atoms with van der Waals surface area (Å²) in [5.74, 6) is 1.45. The molecule has 0 saturated carbocycles. The van der Waals surface area contributed by atoms with E-state index in [1.807, 2.05) is 6.92 Å². The van der Waals surface area contributed by atoms with E-state index in [0.29, 0.717) is 11.9 Å². The van der Waals surface area contributed by atoms with Crippen molar-refractivity contribution < 1.29 is 4.52 Å². The van der Waals surface area contributed by atoms with Crippen molar-refractivity contribution >= 4 is 0 Å². The molecule has 0 radical (unpaired) electrons. The molecule has 0 aliphatic carbocycles. The van der Waals surface area contributed by atoms with Crippen molar-refractivity contribution in [2.75, 3.05) is 6.54 Å². The molecule has 0 spiro atoms. The van der Waals surface area contributed by atoms with Crippen LogP contribution in [0.2, 0.25) is 0 Å². The molecule has 1 aromatic rings. The lowest BCUT2D eigenvalue weighted by Crippen LogP contribution is -2.25. The van der Waals surface area contributed by atoms with Gasteiger partial charge in [-0.3, -0.25) is 0 Å². The summed E-state index contributed by atoms with van der Waals surface area (Å²) in [5.41, 5.74) is 0. The second kappa shape index (κ2) is 4.97. The first-order valence-corrected chi connectivity index (χ1v) is 4.75. The van der Waals surface area contributed by atoms with Crippen LogP contribution in [0.1, 0.15) is 32.0 Å². The predicted octanol–water partition coefficient (Wildman–Crippen LogP) is 1.31. The topological polar surface area (TPSA) is 51.0 Å². The second-order valence-electron chi connectivity index (χ2n) is 3.23. The summed E-state index contributed by atoms with van der Waals surface area (Å²) in [5, 5.41) is 7.07. The van der Waals surface area contributed by atoms with E-state index < -0.39 is 0 Å². The molecule has 1 rings (SSSR count). The third-order valence-electron chi connectivity index (χ3n) is 1.91. The van der Waals surface area contributed by atoms with Gasteiger partial charge in [-0.2, -0.15) is 4.98 Å². The first kappa shape index (κ1) is 10.2. The fourth-order valence-corrected chi connectivity index (χ4v) is 1.23. The largest absolute Gasteiger partial charge is 0.339 e. The van der Waals surface area contributed by atoms with Crippen LogP contribution < -0.4 is 5.32 Å². The number of nitrogens with zero attached hydrogens (tertiary/aromatic N) is 2. The first-order valence-electron chi connectivity index (χ1n) is 4.75. The van der Waals surface area contributed by atoms with E-state index in [0.717, 1.165) is 25.3 Å². The zero-order valence-electron chi connectivity index (χ0n) is 8.50. The minimum Gasteiger partial charge on any atom is -0.339 e. The minimum atomic E-state index is 0.511. The molecule has 4 nitrogen and oxygen atoms in total. The van der Waals surface area contributed by atoms with Crippen LogP contribution in [0.3, 0.4) is 0 Å². The zero-order chi connectivity index (χ0) is 9.68. The average Bonchev–Trinajstić information content (AvgIpc) is 2.49. The molecule has 4 heteroatoms. The summed E-state index contributed by atoms with van der Waals surface area (Å²) >= 11 is 0. The summed E-state index contributed by atoms with van der Waals surface area (Å²) in [4.78, 5) is 4.14. The van der Waals surface area contributed by atoms with Crippen LogP contribution in [0, 0.1) is 6.92 Å². The van der Waals surface area contributed by atoms with Crippen molar-refractivity contribution in [1.29, 1.82) is 0 Å². The summed E-state index contributed by atoms with van der Waals surface area (Å²) in [7, 11) is 0. The van der Waals surface area contributed by atoms with Crippen LogP contribution in [0.4, 0.5) is 0 Å².